The molecule has 2 N–H and O–H groups in total. The van der Waals surface area contributed by atoms with Gasteiger partial charge in [0.05, 0.1) is 17.6 Å². The van der Waals surface area contributed by atoms with Gasteiger partial charge in [0.2, 0.25) is 0 Å². The smallest absolute Gasteiger partial charge is 0.143 e. The van der Waals surface area contributed by atoms with E-state index in [1.807, 2.05) is 36.9 Å². The van der Waals surface area contributed by atoms with Gasteiger partial charge in [0, 0.05) is 24.7 Å². The van der Waals surface area contributed by atoms with Crippen molar-refractivity contribution in [2.24, 2.45) is 12.8 Å². The minimum Gasteiger partial charge on any atom is -0.495 e. The average Bonchev–Trinajstić information content (AvgIpc) is 2.59. The SMILES string of the molecule is COc1ccc(Cl)c2c(C(C)N)cn(C)c12. The lowest BCUT2D eigenvalue weighted by atomic mass is 10.1. The van der Waals surface area contributed by atoms with E-state index in [0.29, 0.717) is 5.02 Å². The van der Waals surface area contributed by atoms with E-state index in [0.717, 1.165) is 22.2 Å². The van der Waals surface area contributed by atoms with Crippen LogP contribution in [0.5, 0.6) is 5.75 Å². The highest BCUT2D eigenvalue weighted by Gasteiger charge is 2.16. The minimum atomic E-state index is -0.0479. The first kappa shape index (κ1) is 11.3. The number of aromatic nitrogens is 1. The van der Waals surface area contributed by atoms with Gasteiger partial charge in [0.15, 0.2) is 0 Å². The Bertz CT molecular complexity index is 531. The first-order valence-electron chi connectivity index (χ1n) is 5.13. The predicted molar refractivity (Wildman–Crippen MR) is 67.1 cm³/mol. The largest absolute Gasteiger partial charge is 0.495 e. The molecule has 0 bridgehead atoms. The zero-order valence-electron chi connectivity index (χ0n) is 9.62. The molecule has 0 aliphatic carbocycles. The molecule has 1 heterocycles. The lowest BCUT2D eigenvalue weighted by Crippen LogP contribution is -2.04. The Morgan fingerprint density at radius 1 is 1.44 bits per heavy atom. The van der Waals surface area contributed by atoms with E-state index in [4.69, 9.17) is 22.1 Å². The van der Waals surface area contributed by atoms with Crippen LogP contribution in [0.1, 0.15) is 18.5 Å². The van der Waals surface area contributed by atoms with E-state index in [1.165, 1.54) is 0 Å². The lowest BCUT2D eigenvalue weighted by Gasteiger charge is -2.07. The van der Waals surface area contributed by atoms with Crippen molar-refractivity contribution >= 4 is 22.5 Å². The van der Waals surface area contributed by atoms with Crippen LogP contribution < -0.4 is 10.5 Å². The molecule has 2 rings (SSSR count). The highest BCUT2D eigenvalue weighted by molar-refractivity contribution is 6.36. The summed E-state index contributed by atoms with van der Waals surface area (Å²) in [7, 11) is 3.62. The number of benzene rings is 1. The van der Waals surface area contributed by atoms with E-state index in [-0.39, 0.29) is 6.04 Å². The molecular weight excluding hydrogens is 224 g/mol. The van der Waals surface area contributed by atoms with Crippen LogP contribution in [0.4, 0.5) is 0 Å². The molecule has 1 aromatic carbocycles. The summed E-state index contributed by atoms with van der Waals surface area (Å²) in [6, 6.07) is 3.66. The summed E-state index contributed by atoms with van der Waals surface area (Å²) in [5.74, 6) is 0.814. The predicted octanol–water partition coefficient (Wildman–Crippen LogP) is 2.86. The van der Waals surface area contributed by atoms with Crippen LogP contribution in [-0.2, 0) is 7.05 Å². The molecule has 16 heavy (non-hydrogen) atoms. The lowest BCUT2D eigenvalue weighted by molar-refractivity contribution is 0.418. The maximum Gasteiger partial charge on any atom is 0.143 e. The van der Waals surface area contributed by atoms with Crippen LogP contribution in [-0.4, -0.2) is 11.7 Å². The molecule has 0 aliphatic rings. The van der Waals surface area contributed by atoms with Gasteiger partial charge in [-0.1, -0.05) is 11.6 Å². The van der Waals surface area contributed by atoms with Gasteiger partial charge in [0.1, 0.15) is 5.75 Å². The average molecular weight is 239 g/mol. The van der Waals surface area contributed by atoms with Gasteiger partial charge in [-0.25, -0.2) is 0 Å². The fraction of sp³-hybridized carbons (Fsp3) is 0.333. The number of aryl methyl sites for hydroxylation is 1. The van der Waals surface area contributed by atoms with Crippen molar-refractivity contribution < 1.29 is 4.74 Å². The van der Waals surface area contributed by atoms with Crippen LogP contribution >= 0.6 is 11.6 Å². The number of hydrogen-bond acceptors (Lipinski definition) is 2. The van der Waals surface area contributed by atoms with Gasteiger partial charge in [-0.15, -0.1) is 0 Å². The molecule has 0 spiro atoms. The third-order valence-electron chi connectivity index (χ3n) is 2.77. The van der Waals surface area contributed by atoms with Gasteiger partial charge in [-0.2, -0.15) is 0 Å². The van der Waals surface area contributed by atoms with Crippen LogP contribution in [0.2, 0.25) is 5.02 Å². The third-order valence-corrected chi connectivity index (χ3v) is 3.09. The van der Waals surface area contributed by atoms with E-state index in [1.54, 1.807) is 7.11 Å². The van der Waals surface area contributed by atoms with Crippen molar-refractivity contribution in [3.05, 3.63) is 28.9 Å². The van der Waals surface area contributed by atoms with Crippen LogP contribution in [0.15, 0.2) is 18.3 Å². The number of nitrogens with zero attached hydrogens (tertiary/aromatic N) is 1. The first-order valence-corrected chi connectivity index (χ1v) is 5.51. The summed E-state index contributed by atoms with van der Waals surface area (Å²) in [5.41, 5.74) is 7.97. The highest BCUT2D eigenvalue weighted by Crippen LogP contribution is 2.36. The van der Waals surface area contributed by atoms with Crippen molar-refractivity contribution in [2.45, 2.75) is 13.0 Å². The Labute approximate surface area is 99.7 Å². The van der Waals surface area contributed by atoms with Crippen LogP contribution in [0.25, 0.3) is 10.9 Å². The number of methoxy groups -OCH3 is 1. The van der Waals surface area contributed by atoms with Crippen LogP contribution in [0.3, 0.4) is 0 Å². The number of fused-ring (bicyclic) bond motifs is 1. The van der Waals surface area contributed by atoms with Crippen molar-refractivity contribution in [3.8, 4) is 5.75 Å². The molecule has 1 unspecified atom stereocenters. The Balaban J connectivity index is 2.88. The number of ether oxygens (including phenoxy) is 1. The zero-order valence-corrected chi connectivity index (χ0v) is 10.4. The monoisotopic (exact) mass is 238 g/mol. The van der Waals surface area contributed by atoms with Gasteiger partial charge >= 0.3 is 0 Å². The normalized spacial score (nSPS) is 13.1. The van der Waals surface area contributed by atoms with E-state index in [9.17, 15) is 0 Å². The van der Waals surface area contributed by atoms with Crippen molar-refractivity contribution in [3.63, 3.8) is 0 Å². The summed E-state index contributed by atoms with van der Waals surface area (Å²) < 4.78 is 7.33. The standard InChI is InChI=1S/C12H15ClN2O/c1-7(14)8-6-15(2)12-10(16-3)5-4-9(13)11(8)12/h4-7H,14H2,1-3H3. The second kappa shape index (κ2) is 4.00. The number of rotatable bonds is 2. The molecule has 4 heteroatoms. The number of halogens is 1. The quantitative estimate of drug-likeness (QED) is 0.874. The maximum atomic E-state index is 6.22. The Morgan fingerprint density at radius 3 is 2.69 bits per heavy atom. The first-order chi connectivity index (χ1) is 7.56. The molecule has 86 valence electrons. The molecule has 0 fully saturated rings. The van der Waals surface area contributed by atoms with Gasteiger partial charge in [-0.3, -0.25) is 0 Å². The van der Waals surface area contributed by atoms with Gasteiger partial charge in [0.25, 0.3) is 0 Å². The number of hydrogen-bond donors (Lipinski definition) is 1. The Kier molecular flexibility index (Phi) is 2.82. The van der Waals surface area contributed by atoms with Crippen molar-refractivity contribution in [2.75, 3.05) is 7.11 Å². The van der Waals surface area contributed by atoms with E-state index >= 15 is 0 Å². The van der Waals surface area contributed by atoms with Crippen molar-refractivity contribution in [1.29, 1.82) is 0 Å². The molecule has 2 aromatic rings. The second-order valence-electron chi connectivity index (χ2n) is 3.96. The Morgan fingerprint density at radius 2 is 2.12 bits per heavy atom. The molecule has 0 saturated carbocycles. The topological polar surface area (TPSA) is 40.2 Å². The fourth-order valence-corrected chi connectivity index (χ4v) is 2.28. The summed E-state index contributed by atoms with van der Waals surface area (Å²) >= 11 is 6.22. The summed E-state index contributed by atoms with van der Waals surface area (Å²) in [6.07, 6.45) is 2.00. The molecular formula is C12H15ClN2O. The van der Waals surface area contributed by atoms with Gasteiger partial charge in [-0.05, 0) is 24.6 Å². The molecule has 0 saturated heterocycles. The molecule has 0 amide bonds. The molecule has 1 aromatic heterocycles. The minimum absolute atomic E-state index is 0.0479. The van der Waals surface area contributed by atoms with Gasteiger partial charge < -0.3 is 15.0 Å². The summed E-state index contributed by atoms with van der Waals surface area (Å²) in [5, 5.41) is 1.70. The summed E-state index contributed by atoms with van der Waals surface area (Å²) in [6.45, 7) is 1.95. The van der Waals surface area contributed by atoms with Crippen LogP contribution in [0, 0.1) is 0 Å². The third kappa shape index (κ3) is 1.56. The fourth-order valence-electron chi connectivity index (χ4n) is 2.02. The summed E-state index contributed by atoms with van der Waals surface area (Å²) in [4.78, 5) is 0. The molecule has 1 atom stereocenters. The molecule has 0 radical (unpaired) electrons. The second-order valence-corrected chi connectivity index (χ2v) is 4.36. The molecule has 0 aliphatic heterocycles. The Hall–Kier alpha value is -1.19. The maximum absolute atomic E-state index is 6.22. The number of nitrogens with two attached hydrogens (primary N) is 1. The highest BCUT2D eigenvalue weighted by atomic mass is 35.5. The molecule has 3 nitrogen and oxygen atoms in total. The van der Waals surface area contributed by atoms with Crippen molar-refractivity contribution in [1.82, 2.24) is 4.57 Å². The zero-order chi connectivity index (χ0) is 11.9. The van der Waals surface area contributed by atoms with E-state index in [2.05, 4.69) is 0 Å². The van der Waals surface area contributed by atoms with E-state index < -0.39 is 0 Å².